The maximum absolute atomic E-state index is 12.2. The van der Waals surface area contributed by atoms with Crippen molar-refractivity contribution in [3.05, 3.63) is 24.2 Å². The minimum Gasteiger partial charge on any atom is -0.323 e. The van der Waals surface area contributed by atoms with Gasteiger partial charge >= 0.3 is 0 Å². The number of nitrogens with one attached hydrogen (secondary N) is 1. The van der Waals surface area contributed by atoms with E-state index in [2.05, 4.69) is 29.2 Å². The monoisotopic (exact) mass is 286 g/mol. The van der Waals surface area contributed by atoms with Gasteiger partial charge in [0.2, 0.25) is 5.91 Å². The smallest absolute Gasteiger partial charge is 0.224 e. The first-order valence-corrected chi connectivity index (χ1v) is 7.78. The third-order valence-electron chi connectivity index (χ3n) is 4.12. The van der Waals surface area contributed by atoms with Crippen LogP contribution in [0.2, 0.25) is 0 Å². The van der Waals surface area contributed by atoms with Crippen LogP contribution in [-0.4, -0.2) is 20.5 Å². The van der Waals surface area contributed by atoms with Crippen molar-refractivity contribution in [2.75, 3.05) is 5.32 Å². The van der Waals surface area contributed by atoms with Crippen molar-refractivity contribution in [1.82, 2.24) is 14.6 Å². The molecule has 5 heteroatoms. The average molecular weight is 286 g/mol. The number of anilines is 1. The number of amides is 1. The quantitative estimate of drug-likeness (QED) is 0.937. The van der Waals surface area contributed by atoms with E-state index in [1.54, 1.807) is 4.52 Å². The van der Waals surface area contributed by atoms with Crippen LogP contribution in [0.25, 0.3) is 5.65 Å². The lowest BCUT2D eigenvalue weighted by atomic mass is 10.0. The lowest BCUT2D eigenvalue weighted by Crippen LogP contribution is -2.15. The number of rotatable bonds is 4. The Morgan fingerprint density at radius 1 is 1.43 bits per heavy atom. The molecule has 0 bridgehead atoms. The van der Waals surface area contributed by atoms with Gasteiger partial charge in [0.25, 0.3) is 0 Å². The summed E-state index contributed by atoms with van der Waals surface area (Å²) in [5.41, 5.74) is 1.47. The highest BCUT2D eigenvalue weighted by Crippen LogP contribution is 2.28. The largest absolute Gasteiger partial charge is 0.323 e. The first-order valence-electron chi connectivity index (χ1n) is 7.78. The topological polar surface area (TPSA) is 59.3 Å². The highest BCUT2D eigenvalue weighted by atomic mass is 16.1. The molecule has 1 N–H and O–H groups in total. The predicted molar refractivity (Wildman–Crippen MR) is 82.3 cm³/mol. The van der Waals surface area contributed by atoms with Gasteiger partial charge in [0, 0.05) is 18.5 Å². The fourth-order valence-electron chi connectivity index (χ4n) is 2.94. The number of aromatic nitrogens is 3. The van der Waals surface area contributed by atoms with Crippen molar-refractivity contribution in [3.63, 3.8) is 0 Å². The molecule has 0 unspecified atom stereocenters. The summed E-state index contributed by atoms with van der Waals surface area (Å²) in [7, 11) is 0. The van der Waals surface area contributed by atoms with Gasteiger partial charge in [-0.05, 0) is 30.9 Å². The maximum Gasteiger partial charge on any atom is 0.224 e. The van der Waals surface area contributed by atoms with Gasteiger partial charge in [-0.15, -0.1) is 0 Å². The zero-order valence-electron chi connectivity index (χ0n) is 12.7. The Hall–Kier alpha value is -1.91. The van der Waals surface area contributed by atoms with E-state index in [4.69, 9.17) is 0 Å². The molecular weight excluding hydrogens is 264 g/mol. The van der Waals surface area contributed by atoms with E-state index in [-0.39, 0.29) is 11.8 Å². The number of carbonyl (C=O) groups is 1. The van der Waals surface area contributed by atoms with Crippen molar-refractivity contribution in [3.8, 4) is 0 Å². The third-order valence-corrected chi connectivity index (χ3v) is 4.12. The van der Waals surface area contributed by atoms with Gasteiger partial charge in [-0.3, -0.25) is 4.79 Å². The molecule has 0 aliphatic heterocycles. The number of hydrogen-bond acceptors (Lipinski definition) is 3. The molecule has 3 rings (SSSR count). The molecule has 0 saturated heterocycles. The van der Waals surface area contributed by atoms with E-state index in [9.17, 15) is 4.79 Å². The Morgan fingerprint density at radius 3 is 2.90 bits per heavy atom. The molecule has 0 atom stereocenters. The molecule has 1 saturated carbocycles. The number of pyridine rings is 1. The molecule has 0 radical (unpaired) electrons. The summed E-state index contributed by atoms with van der Waals surface area (Å²) in [6.07, 6.45) is 7.36. The van der Waals surface area contributed by atoms with Crippen LogP contribution in [0, 0.1) is 5.92 Å². The van der Waals surface area contributed by atoms with Gasteiger partial charge in [-0.2, -0.15) is 5.10 Å². The molecule has 2 aromatic heterocycles. The van der Waals surface area contributed by atoms with Crippen molar-refractivity contribution in [1.29, 1.82) is 0 Å². The van der Waals surface area contributed by atoms with E-state index in [0.29, 0.717) is 12.3 Å². The van der Waals surface area contributed by atoms with Gasteiger partial charge < -0.3 is 5.32 Å². The molecule has 2 aromatic rings. The van der Waals surface area contributed by atoms with Gasteiger partial charge in [-0.1, -0.05) is 26.7 Å². The highest BCUT2D eigenvalue weighted by molar-refractivity contribution is 5.94. The van der Waals surface area contributed by atoms with Gasteiger partial charge in [0.05, 0.1) is 5.69 Å². The van der Waals surface area contributed by atoms with E-state index < -0.39 is 0 Å². The van der Waals surface area contributed by atoms with E-state index in [0.717, 1.165) is 17.2 Å². The summed E-state index contributed by atoms with van der Waals surface area (Å²) in [5, 5.41) is 7.44. The lowest BCUT2D eigenvalue weighted by molar-refractivity contribution is -0.117. The summed E-state index contributed by atoms with van der Waals surface area (Å²) < 4.78 is 1.74. The first kappa shape index (κ1) is 14.0. The SMILES string of the molecule is CC(C)c1nc2c(NC(=O)CC3CCCC3)cccn2n1. The zero-order chi connectivity index (χ0) is 14.8. The number of hydrogen-bond donors (Lipinski definition) is 1. The Kier molecular flexibility index (Phi) is 3.90. The molecule has 1 aliphatic rings. The van der Waals surface area contributed by atoms with Crippen LogP contribution in [0.1, 0.15) is 57.7 Å². The molecule has 2 heterocycles. The first-order chi connectivity index (χ1) is 10.1. The normalized spacial score (nSPS) is 16.0. The molecular formula is C16H22N4O. The molecule has 21 heavy (non-hydrogen) atoms. The Morgan fingerprint density at radius 2 is 2.19 bits per heavy atom. The molecule has 112 valence electrons. The summed E-state index contributed by atoms with van der Waals surface area (Å²) in [6, 6.07) is 3.78. The van der Waals surface area contributed by atoms with Crippen LogP contribution in [0.4, 0.5) is 5.69 Å². The minimum atomic E-state index is 0.0871. The standard InChI is InChI=1S/C16H22N4O/c1-11(2)15-18-16-13(8-5-9-20(16)19-15)17-14(21)10-12-6-3-4-7-12/h5,8-9,11-12H,3-4,6-7,10H2,1-2H3,(H,17,21). The summed E-state index contributed by atoms with van der Waals surface area (Å²) >= 11 is 0. The summed E-state index contributed by atoms with van der Waals surface area (Å²) in [4.78, 5) is 16.7. The Labute approximate surface area is 124 Å². The second kappa shape index (κ2) is 5.84. The second-order valence-corrected chi connectivity index (χ2v) is 6.22. The molecule has 5 nitrogen and oxygen atoms in total. The van der Waals surface area contributed by atoms with Gasteiger partial charge in [0.1, 0.15) is 0 Å². The lowest BCUT2D eigenvalue weighted by Gasteiger charge is -2.09. The molecule has 1 aliphatic carbocycles. The molecule has 0 spiro atoms. The molecule has 0 aromatic carbocycles. The number of carbonyl (C=O) groups excluding carboxylic acids is 1. The Balaban J connectivity index is 1.77. The number of fused-ring (bicyclic) bond motifs is 1. The fraction of sp³-hybridized carbons (Fsp3) is 0.562. The van der Waals surface area contributed by atoms with E-state index >= 15 is 0 Å². The van der Waals surface area contributed by atoms with Crippen molar-refractivity contribution in [2.45, 2.75) is 51.9 Å². The second-order valence-electron chi connectivity index (χ2n) is 6.22. The van der Waals surface area contributed by atoms with E-state index in [1.807, 2.05) is 18.3 Å². The molecule has 1 fully saturated rings. The highest BCUT2D eigenvalue weighted by Gasteiger charge is 2.19. The number of nitrogens with zero attached hydrogens (tertiary/aromatic N) is 3. The van der Waals surface area contributed by atoms with Crippen LogP contribution in [0.3, 0.4) is 0 Å². The van der Waals surface area contributed by atoms with Crippen molar-refractivity contribution >= 4 is 17.2 Å². The van der Waals surface area contributed by atoms with Crippen LogP contribution < -0.4 is 5.32 Å². The summed E-state index contributed by atoms with van der Waals surface area (Å²) in [5.74, 6) is 1.71. The average Bonchev–Trinajstić information content (AvgIpc) is 3.07. The maximum atomic E-state index is 12.2. The zero-order valence-corrected chi connectivity index (χ0v) is 12.7. The van der Waals surface area contributed by atoms with Crippen molar-refractivity contribution in [2.24, 2.45) is 5.92 Å². The minimum absolute atomic E-state index is 0.0871. The van der Waals surface area contributed by atoms with Crippen molar-refractivity contribution < 1.29 is 4.79 Å². The van der Waals surface area contributed by atoms with Crippen LogP contribution in [0.5, 0.6) is 0 Å². The van der Waals surface area contributed by atoms with Gasteiger partial charge in [-0.25, -0.2) is 9.50 Å². The van der Waals surface area contributed by atoms with Crippen LogP contribution in [0.15, 0.2) is 18.3 Å². The van der Waals surface area contributed by atoms with E-state index in [1.165, 1.54) is 25.7 Å². The predicted octanol–water partition coefficient (Wildman–Crippen LogP) is 3.37. The third kappa shape index (κ3) is 3.06. The van der Waals surface area contributed by atoms with Crippen LogP contribution in [-0.2, 0) is 4.79 Å². The Bertz CT molecular complexity index is 641. The fourth-order valence-corrected chi connectivity index (χ4v) is 2.94. The van der Waals surface area contributed by atoms with Gasteiger partial charge in [0.15, 0.2) is 11.5 Å². The van der Waals surface area contributed by atoms with Crippen LogP contribution >= 0.6 is 0 Å². The summed E-state index contributed by atoms with van der Waals surface area (Å²) in [6.45, 7) is 4.13. The molecule has 1 amide bonds.